The lowest BCUT2D eigenvalue weighted by atomic mass is 9.34. The number of pyridine rings is 4. The summed E-state index contributed by atoms with van der Waals surface area (Å²) >= 11 is 0. The molecule has 9 heterocycles. The number of nitrogens with zero attached hydrogens (tertiary/aromatic N) is 9. The van der Waals surface area contributed by atoms with Crippen LogP contribution in [-0.2, 0) is 0 Å². The Labute approximate surface area is 321 Å². The van der Waals surface area contributed by atoms with E-state index in [0.717, 1.165) is 90.5 Å². The minimum atomic E-state index is -0.0867. The molecule has 0 saturated carbocycles. The van der Waals surface area contributed by atoms with Gasteiger partial charge in [0.1, 0.15) is 28.9 Å². The van der Waals surface area contributed by atoms with Gasteiger partial charge in [-0.3, -0.25) is 23.9 Å². The van der Waals surface area contributed by atoms with Crippen molar-refractivity contribution in [3.05, 3.63) is 175 Å². The van der Waals surface area contributed by atoms with E-state index < -0.39 is 0 Å². The Morgan fingerprint density at radius 2 is 1.36 bits per heavy atom. The number of allylic oxidation sites excluding steroid dienone is 1. The second-order valence-electron chi connectivity index (χ2n) is 14.1. The van der Waals surface area contributed by atoms with Gasteiger partial charge >= 0.3 is 0 Å². The molecule has 56 heavy (non-hydrogen) atoms. The predicted molar refractivity (Wildman–Crippen MR) is 224 cm³/mol. The fourth-order valence-electron chi connectivity index (χ4n) is 9.03. The lowest BCUT2D eigenvalue weighted by molar-refractivity contribution is 0.956. The molecule has 0 spiro atoms. The van der Waals surface area contributed by atoms with Gasteiger partial charge in [-0.15, -0.1) is 0 Å². The van der Waals surface area contributed by atoms with Gasteiger partial charge in [0.05, 0.1) is 27.3 Å². The molecule has 3 aliphatic rings. The van der Waals surface area contributed by atoms with Crippen molar-refractivity contribution in [1.29, 1.82) is 0 Å². The normalized spacial score (nSPS) is 13.4. The third kappa shape index (κ3) is 4.29. The molecule has 12 rings (SSSR count). The van der Waals surface area contributed by atoms with Gasteiger partial charge in [-0.25, -0.2) is 19.9 Å². The van der Waals surface area contributed by atoms with Crippen molar-refractivity contribution >= 4 is 85.6 Å². The van der Waals surface area contributed by atoms with Crippen LogP contribution in [-0.4, -0.2) is 35.8 Å². The summed E-state index contributed by atoms with van der Waals surface area (Å²) in [7, 11) is 0. The number of aromatic nitrogens is 6. The zero-order valence-electron chi connectivity index (χ0n) is 30.0. The van der Waals surface area contributed by atoms with Crippen molar-refractivity contribution in [2.75, 3.05) is 9.80 Å². The maximum Gasteiger partial charge on any atom is 0.254 e. The van der Waals surface area contributed by atoms with Gasteiger partial charge in [-0.05, 0) is 89.5 Å². The fourth-order valence-corrected chi connectivity index (χ4v) is 9.03. The summed E-state index contributed by atoms with van der Waals surface area (Å²) in [6, 6.07) is 44.3. The number of para-hydroxylation sites is 2. The molecule has 10 heteroatoms. The zero-order chi connectivity index (χ0) is 36.7. The summed E-state index contributed by atoms with van der Waals surface area (Å²) in [4.78, 5) is 29.4. The van der Waals surface area contributed by atoms with Crippen LogP contribution < -0.4 is 36.9 Å². The van der Waals surface area contributed by atoms with Gasteiger partial charge in [0.2, 0.25) is 0 Å². The highest BCUT2D eigenvalue weighted by Crippen LogP contribution is 2.44. The van der Waals surface area contributed by atoms with Crippen LogP contribution in [0.3, 0.4) is 0 Å². The highest BCUT2D eigenvalue weighted by Gasteiger charge is 2.44. The van der Waals surface area contributed by atoms with Crippen LogP contribution in [0.5, 0.6) is 0 Å². The predicted octanol–water partition coefficient (Wildman–Crippen LogP) is 6.55. The first kappa shape index (κ1) is 30.8. The Balaban J connectivity index is 1.30. The molecule has 9 nitrogen and oxygen atoms in total. The smallest absolute Gasteiger partial charge is 0.254 e. The topological polar surface area (TPSA) is 80.3 Å². The van der Waals surface area contributed by atoms with Gasteiger partial charge < -0.3 is 0 Å². The monoisotopic (exact) mass is 719 g/mol. The first-order valence-electron chi connectivity index (χ1n) is 18.8. The first-order valence-corrected chi connectivity index (χ1v) is 18.8. The Kier molecular flexibility index (Phi) is 6.59. The first-order chi connectivity index (χ1) is 27.8. The number of rotatable bonds is 5. The van der Waals surface area contributed by atoms with Crippen molar-refractivity contribution in [2.45, 2.75) is 6.42 Å². The molecule has 3 aromatic carbocycles. The number of benzene rings is 3. The van der Waals surface area contributed by atoms with E-state index in [9.17, 15) is 0 Å². The average Bonchev–Trinajstić information content (AvgIpc) is 3.64. The second-order valence-corrected chi connectivity index (χ2v) is 14.1. The molecular formula is C46H30BN9. The van der Waals surface area contributed by atoms with Gasteiger partial charge in [0.15, 0.2) is 0 Å². The Morgan fingerprint density at radius 3 is 2.12 bits per heavy atom. The molecule has 9 aromatic rings. The number of anilines is 6. The number of hydrogen-bond acceptors (Lipinski definition) is 7. The van der Waals surface area contributed by atoms with Crippen LogP contribution in [0.4, 0.5) is 34.5 Å². The molecule has 0 fully saturated rings. The van der Waals surface area contributed by atoms with Gasteiger partial charge in [0, 0.05) is 53.4 Å². The van der Waals surface area contributed by atoms with Crippen molar-refractivity contribution < 1.29 is 0 Å². The molecule has 0 N–H and O–H groups in total. The fraction of sp³-hybridized carbons (Fsp3) is 0.0217. The van der Waals surface area contributed by atoms with Crippen LogP contribution in [0.25, 0.3) is 39.5 Å². The summed E-state index contributed by atoms with van der Waals surface area (Å²) in [5.74, 6) is 3.27. The Hall–Kier alpha value is -7.59. The summed E-state index contributed by atoms with van der Waals surface area (Å²) < 4.78 is 4.77. The molecule has 3 aliphatic heterocycles. The maximum atomic E-state index is 5.14. The zero-order valence-corrected chi connectivity index (χ0v) is 30.0. The van der Waals surface area contributed by atoms with E-state index in [0.29, 0.717) is 0 Å². The van der Waals surface area contributed by atoms with Crippen LogP contribution >= 0.6 is 0 Å². The molecule has 0 bridgehead atoms. The number of hydrogen-bond donors (Lipinski definition) is 0. The third-order valence-corrected chi connectivity index (χ3v) is 11.1. The van der Waals surface area contributed by atoms with Crippen LogP contribution in [0, 0.1) is 0 Å². The van der Waals surface area contributed by atoms with Crippen LogP contribution in [0.15, 0.2) is 169 Å². The third-order valence-electron chi connectivity index (χ3n) is 11.1. The lowest BCUT2D eigenvalue weighted by Crippen LogP contribution is -2.60. The molecule has 262 valence electrons. The highest BCUT2D eigenvalue weighted by molar-refractivity contribution is 7.00. The minimum Gasteiger partial charge on any atom is -0.296 e. The largest absolute Gasteiger partial charge is 0.296 e. The lowest BCUT2D eigenvalue weighted by Gasteiger charge is -2.40. The van der Waals surface area contributed by atoms with E-state index in [2.05, 4.69) is 116 Å². The molecule has 0 saturated heterocycles. The standard InChI is InChI=1S/C46H30BN9/c1-2-14-30(15-3-1)53-36-28-31(54(38-20-5-9-23-48-38)39-21-6-10-24-49-39)29-37-42(36)47(34-18-13-27-52-45(34)53)33-17-12-16-32-41-43-35(19-4-8-26-51-43)55(40-22-7-11-25-50-40)46(41)56(37)44(32)33/h1-3,5-29H,4H2. The van der Waals surface area contributed by atoms with Gasteiger partial charge in [-0.1, -0.05) is 72.8 Å². The highest BCUT2D eigenvalue weighted by atomic mass is 15.3. The molecule has 0 aliphatic carbocycles. The number of fused-ring (bicyclic) bond motifs is 9. The van der Waals surface area contributed by atoms with Crippen LogP contribution in [0.2, 0.25) is 0 Å². The van der Waals surface area contributed by atoms with Gasteiger partial charge in [-0.2, -0.15) is 0 Å². The Bertz CT molecular complexity index is 3140. The molecular weight excluding hydrogens is 689 g/mol. The van der Waals surface area contributed by atoms with E-state index in [1.807, 2.05) is 73.5 Å². The SMILES string of the molecule is C1=CN=c2c(n(-c3ccccn3)c3c2c2cccc4c2n3-c2cc(N(c3ccccn3)c3ccccn3)cc3c2B4c2cccnc2N3c2ccccc2)=CC1. The summed E-state index contributed by atoms with van der Waals surface area (Å²) in [5, 5.41) is 4.23. The Morgan fingerprint density at radius 1 is 0.625 bits per heavy atom. The molecule has 6 aromatic heterocycles. The second kappa shape index (κ2) is 12.0. The molecule has 0 amide bonds. The van der Waals surface area contributed by atoms with E-state index in [-0.39, 0.29) is 6.71 Å². The maximum absolute atomic E-state index is 5.14. The summed E-state index contributed by atoms with van der Waals surface area (Å²) in [5.41, 5.74) is 9.80. The average molecular weight is 720 g/mol. The van der Waals surface area contributed by atoms with E-state index in [4.69, 9.17) is 24.9 Å². The minimum absolute atomic E-state index is 0.0867. The molecule has 0 atom stereocenters. The van der Waals surface area contributed by atoms with Gasteiger partial charge in [0.25, 0.3) is 6.71 Å². The van der Waals surface area contributed by atoms with E-state index in [1.165, 1.54) is 10.9 Å². The van der Waals surface area contributed by atoms with Crippen LogP contribution in [0.1, 0.15) is 6.42 Å². The van der Waals surface area contributed by atoms with Crippen molar-refractivity contribution in [3.63, 3.8) is 0 Å². The molecule has 0 unspecified atom stereocenters. The molecule has 0 radical (unpaired) electrons. The van der Waals surface area contributed by atoms with Crippen molar-refractivity contribution in [1.82, 2.24) is 29.1 Å². The summed E-state index contributed by atoms with van der Waals surface area (Å²) in [6.07, 6.45) is 14.5. The van der Waals surface area contributed by atoms with E-state index in [1.54, 1.807) is 0 Å². The van der Waals surface area contributed by atoms with Crippen molar-refractivity contribution in [3.8, 4) is 11.5 Å². The van der Waals surface area contributed by atoms with E-state index >= 15 is 0 Å². The summed E-state index contributed by atoms with van der Waals surface area (Å²) in [6.45, 7) is -0.0867. The van der Waals surface area contributed by atoms with Crippen molar-refractivity contribution in [2.24, 2.45) is 4.99 Å². The quantitative estimate of drug-likeness (QED) is 0.188.